The van der Waals surface area contributed by atoms with E-state index in [9.17, 15) is 9.90 Å². The Bertz CT molecular complexity index is 453. The van der Waals surface area contributed by atoms with Crippen molar-refractivity contribution in [2.75, 3.05) is 13.1 Å². The predicted molar refractivity (Wildman–Crippen MR) is 72.9 cm³/mol. The van der Waals surface area contributed by atoms with Gasteiger partial charge in [0.1, 0.15) is 11.9 Å². The molecule has 0 spiro atoms. The summed E-state index contributed by atoms with van der Waals surface area (Å²) in [5.41, 5.74) is -0.161. The molecule has 2 rings (SSSR count). The van der Waals surface area contributed by atoms with Crippen LogP contribution in [0, 0.1) is 5.41 Å². The zero-order chi connectivity index (χ0) is 14.0. The van der Waals surface area contributed by atoms with E-state index in [1.807, 2.05) is 17.8 Å². The quantitative estimate of drug-likeness (QED) is 0.897. The standard InChI is InChI=1S/C14H23N3O2/c1-14(2)6-4-8-17(12(14)13(18)19)9-5-11-15-7-10-16(11)3/h7,10,12H,4-6,8-9H2,1-3H3,(H,18,19). The molecule has 1 aromatic heterocycles. The highest BCUT2D eigenvalue weighted by atomic mass is 16.4. The minimum absolute atomic E-state index is 0.161. The van der Waals surface area contributed by atoms with Crippen LogP contribution >= 0.6 is 0 Å². The molecule has 0 saturated carbocycles. The number of hydrogen-bond acceptors (Lipinski definition) is 3. The maximum atomic E-state index is 11.5. The molecule has 19 heavy (non-hydrogen) atoms. The second kappa shape index (κ2) is 5.33. The summed E-state index contributed by atoms with van der Waals surface area (Å²) in [6, 6.07) is -0.387. The first kappa shape index (κ1) is 14.1. The van der Waals surface area contributed by atoms with Gasteiger partial charge < -0.3 is 9.67 Å². The summed E-state index contributed by atoms with van der Waals surface area (Å²) in [7, 11) is 1.97. The average Bonchev–Trinajstić information content (AvgIpc) is 2.70. The first-order valence-electron chi connectivity index (χ1n) is 6.85. The number of carboxylic acid groups (broad SMARTS) is 1. The van der Waals surface area contributed by atoms with Crippen molar-refractivity contribution >= 4 is 5.97 Å². The SMILES string of the molecule is Cn1ccnc1CCN1CCCC(C)(C)C1C(=O)O. The first-order valence-corrected chi connectivity index (χ1v) is 6.85. The number of aryl methyl sites for hydroxylation is 1. The Balaban J connectivity index is 2.05. The lowest BCUT2D eigenvalue weighted by atomic mass is 9.76. The second-order valence-electron chi connectivity index (χ2n) is 6.07. The third-order valence-electron chi connectivity index (χ3n) is 4.15. The minimum atomic E-state index is -0.704. The normalized spacial score (nSPS) is 23.4. The number of likely N-dealkylation sites (tertiary alicyclic amines) is 1. The Morgan fingerprint density at radius 1 is 1.58 bits per heavy atom. The second-order valence-corrected chi connectivity index (χ2v) is 6.07. The van der Waals surface area contributed by atoms with Crippen LogP contribution in [-0.2, 0) is 18.3 Å². The van der Waals surface area contributed by atoms with E-state index in [0.29, 0.717) is 0 Å². The number of aromatic nitrogens is 2. The molecule has 1 saturated heterocycles. The van der Waals surface area contributed by atoms with Crippen molar-refractivity contribution in [2.24, 2.45) is 12.5 Å². The van der Waals surface area contributed by atoms with Crippen LogP contribution in [0.1, 0.15) is 32.5 Å². The van der Waals surface area contributed by atoms with E-state index in [2.05, 4.69) is 23.7 Å². The molecular weight excluding hydrogens is 242 g/mol. The van der Waals surface area contributed by atoms with Crippen LogP contribution in [0.2, 0.25) is 0 Å². The Hall–Kier alpha value is -1.36. The summed E-state index contributed by atoms with van der Waals surface area (Å²) in [6.07, 6.45) is 6.54. The Labute approximate surface area is 114 Å². The van der Waals surface area contributed by atoms with Gasteiger partial charge in [-0.3, -0.25) is 9.69 Å². The first-order chi connectivity index (χ1) is 8.92. The molecule has 5 heteroatoms. The molecule has 1 aliphatic rings. The summed E-state index contributed by atoms with van der Waals surface area (Å²) in [6.45, 7) is 5.73. The van der Waals surface area contributed by atoms with Gasteiger partial charge in [-0.15, -0.1) is 0 Å². The summed E-state index contributed by atoms with van der Waals surface area (Å²) < 4.78 is 1.99. The van der Waals surface area contributed by atoms with Crippen LogP contribution in [0.4, 0.5) is 0 Å². The zero-order valence-corrected chi connectivity index (χ0v) is 12.0. The van der Waals surface area contributed by atoms with E-state index in [-0.39, 0.29) is 11.5 Å². The minimum Gasteiger partial charge on any atom is -0.480 e. The molecule has 1 N–H and O–H groups in total. The topological polar surface area (TPSA) is 58.4 Å². The third-order valence-corrected chi connectivity index (χ3v) is 4.15. The largest absolute Gasteiger partial charge is 0.480 e. The van der Waals surface area contributed by atoms with Crippen LogP contribution in [-0.4, -0.2) is 44.7 Å². The highest BCUT2D eigenvalue weighted by molar-refractivity contribution is 5.74. The number of nitrogens with zero attached hydrogens (tertiary/aromatic N) is 3. The highest BCUT2D eigenvalue weighted by Crippen LogP contribution is 2.35. The third kappa shape index (κ3) is 2.97. The Kier molecular flexibility index (Phi) is 3.94. The molecule has 0 aliphatic carbocycles. The van der Waals surface area contributed by atoms with Crippen molar-refractivity contribution in [3.8, 4) is 0 Å². The van der Waals surface area contributed by atoms with Crippen molar-refractivity contribution in [1.29, 1.82) is 0 Å². The lowest BCUT2D eigenvalue weighted by Crippen LogP contribution is -2.54. The summed E-state index contributed by atoms with van der Waals surface area (Å²) >= 11 is 0. The molecule has 1 aromatic rings. The lowest BCUT2D eigenvalue weighted by molar-refractivity contribution is -0.150. The average molecular weight is 265 g/mol. The number of carboxylic acids is 1. The molecule has 1 unspecified atom stereocenters. The van der Waals surface area contributed by atoms with Gasteiger partial charge in [0.05, 0.1) is 0 Å². The van der Waals surface area contributed by atoms with Gasteiger partial charge in [-0.2, -0.15) is 0 Å². The van der Waals surface area contributed by atoms with Gasteiger partial charge in [0.25, 0.3) is 0 Å². The van der Waals surface area contributed by atoms with E-state index in [0.717, 1.165) is 38.2 Å². The van der Waals surface area contributed by atoms with Gasteiger partial charge in [0.2, 0.25) is 0 Å². The molecule has 0 aromatic carbocycles. The van der Waals surface area contributed by atoms with Crippen molar-refractivity contribution in [2.45, 2.75) is 39.2 Å². The predicted octanol–water partition coefficient (Wildman–Crippen LogP) is 1.54. The lowest BCUT2D eigenvalue weighted by Gasteiger charge is -2.44. The Morgan fingerprint density at radius 2 is 2.32 bits per heavy atom. The summed E-state index contributed by atoms with van der Waals surface area (Å²) in [5, 5.41) is 9.49. The molecule has 2 heterocycles. The molecule has 5 nitrogen and oxygen atoms in total. The van der Waals surface area contributed by atoms with Crippen LogP contribution in [0.15, 0.2) is 12.4 Å². The van der Waals surface area contributed by atoms with Gasteiger partial charge in [-0.1, -0.05) is 13.8 Å². The maximum Gasteiger partial charge on any atom is 0.321 e. The number of hydrogen-bond donors (Lipinski definition) is 1. The fourth-order valence-electron chi connectivity index (χ4n) is 3.11. The van der Waals surface area contributed by atoms with Crippen LogP contribution < -0.4 is 0 Å². The van der Waals surface area contributed by atoms with E-state index >= 15 is 0 Å². The monoisotopic (exact) mass is 265 g/mol. The number of carbonyl (C=O) groups is 1. The van der Waals surface area contributed by atoms with E-state index < -0.39 is 5.97 Å². The van der Waals surface area contributed by atoms with Crippen LogP contribution in [0.5, 0.6) is 0 Å². The van der Waals surface area contributed by atoms with Crippen molar-refractivity contribution in [3.05, 3.63) is 18.2 Å². The molecule has 0 bridgehead atoms. The van der Waals surface area contributed by atoms with E-state index in [1.165, 1.54) is 0 Å². The molecule has 0 amide bonds. The molecule has 1 aliphatic heterocycles. The molecule has 1 atom stereocenters. The summed E-state index contributed by atoms with van der Waals surface area (Å²) in [5.74, 6) is 0.303. The number of imidazole rings is 1. The summed E-state index contributed by atoms with van der Waals surface area (Å²) in [4.78, 5) is 17.9. The molecule has 106 valence electrons. The van der Waals surface area contributed by atoms with Crippen LogP contribution in [0.25, 0.3) is 0 Å². The fourth-order valence-corrected chi connectivity index (χ4v) is 3.11. The molecule has 1 fully saturated rings. The number of aliphatic carboxylic acids is 1. The van der Waals surface area contributed by atoms with Crippen molar-refractivity contribution in [3.63, 3.8) is 0 Å². The van der Waals surface area contributed by atoms with Gasteiger partial charge in [0.15, 0.2) is 0 Å². The van der Waals surface area contributed by atoms with E-state index in [4.69, 9.17) is 0 Å². The fraction of sp³-hybridized carbons (Fsp3) is 0.714. The Morgan fingerprint density at radius 3 is 2.89 bits per heavy atom. The smallest absolute Gasteiger partial charge is 0.321 e. The van der Waals surface area contributed by atoms with Crippen LogP contribution in [0.3, 0.4) is 0 Å². The van der Waals surface area contributed by atoms with Gasteiger partial charge in [0, 0.05) is 32.4 Å². The maximum absolute atomic E-state index is 11.5. The number of piperidine rings is 1. The molecule has 0 radical (unpaired) electrons. The van der Waals surface area contributed by atoms with Gasteiger partial charge in [-0.05, 0) is 24.8 Å². The highest BCUT2D eigenvalue weighted by Gasteiger charge is 2.42. The van der Waals surface area contributed by atoms with Crippen molar-refractivity contribution < 1.29 is 9.90 Å². The number of rotatable bonds is 4. The van der Waals surface area contributed by atoms with E-state index in [1.54, 1.807) is 6.20 Å². The van der Waals surface area contributed by atoms with Gasteiger partial charge in [-0.25, -0.2) is 4.98 Å². The van der Waals surface area contributed by atoms with Gasteiger partial charge >= 0.3 is 5.97 Å². The molecular formula is C14H23N3O2. The van der Waals surface area contributed by atoms with Crippen molar-refractivity contribution in [1.82, 2.24) is 14.5 Å². The zero-order valence-electron chi connectivity index (χ0n) is 12.0.